The summed E-state index contributed by atoms with van der Waals surface area (Å²) in [5, 5.41) is 3.07. The molecule has 0 aliphatic carbocycles. The normalized spacial score (nSPS) is 11.6. The number of fused-ring (bicyclic) bond motifs is 1. The van der Waals surface area contributed by atoms with Crippen LogP contribution in [0.2, 0.25) is 0 Å². The smallest absolute Gasteiger partial charge is 0.227 e. The van der Waals surface area contributed by atoms with Crippen molar-refractivity contribution in [3.05, 3.63) is 48.3 Å². The maximum absolute atomic E-state index is 12.9. The molecule has 0 bridgehead atoms. The summed E-state index contributed by atoms with van der Waals surface area (Å²) in [6.45, 7) is 0. The summed E-state index contributed by atoms with van der Waals surface area (Å²) < 4.78 is 38.2. The molecule has 0 spiro atoms. The number of nitrogens with zero attached hydrogens (tertiary/aromatic N) is 1. The zero-order valence-corrected chi connectivity index (χ0v) is 16.2. The molecule has 0 fully saturated rings. The summed E-state index contributed by atoms with van der Waals surface area (Å²) in [5.74, 6) is -1.30. The van der Waals surface area contributed by atoms with Crippen LogP contribution >= 0.6 is 23.1 Å². The van der Waals surface area contributed by atoms with Gasteiger partial charge in [-0.1, -0.05) is 11.3 Å². The Bertz CT molecular complexity index is 1050. The van der Waals surface area contributed by atoms with Crippen molar-refractivity contribution in [2.24, 2.45) is 0 Å². The molecule has 0 atom stereocenters. The summed E-state index contributed by atoms with van der Waals surface area (Å²) in [4.78, 5) is 17.5. The lowest BCUT2D eigenvalue weighted by Crippen LogP contribution is -2.17. The van der Waals surface area contributed by atoms with Crippen LogP contribution in [-0.2, 0) is 14.6 Å². The van der Waals surface area contributed by atoms with Gasteiger partial charge in [-0.05, 0) is 48.7 Å². The number of hydrogen-bond acceptors (Lipinski definition) is 6. The Kier molecular flexibility index (Phi) is 5.59. The zero-order chi connectivity index (χ0) is 18.7. The number of nitrogens with one attached hydrogen (secondary N) is 1. The Morgan fingerprint density at radius 2 is 1.96 bits per heavy atom. The lowest BCUT2D eigenvalue weighted by atomic mass is 10.3. The first-order chi connectivity index (χ1) is 12.4. The number of sulfone groups is 1. The third-order valence-corrected chi connectivity index (χ3v) is 7.00. The second-order valence-electron chi connectivity index (χ2n) is 5.42. The largest absolute Gasteiger partial charge is 0.302 e. The second-order valence-corrected chi connectivity index (χ2v) is 9.44. The highest BCUT2D eigenvalue weighted by Gasteiger charge is 2.17. The van der Waals surface area contributed by atoms with Gasteiger partial charge in [-0.25, -0.2) is 17.8 Å². The van der Waals surface area contributed by atoms with E-state index in [0.29, 0.717) is 5.13 Å². The number of carbonyl (C=O) groups excluding carboxylic acids is 1. The fourth-order valence-corrected chi connectivity index (χ4v) is 4.93. The molecule has 0 unspecified atom stereocenters. The van der Waals surface area contributed by atoms with Gasteiger partial charge in [0, 0.05) is 11.3 Å². The van der Waals surface area contributed by atoms with Gasteiger partial charge in [0.25, 0.3) is 0 Å². The van der Waals surface area contributed by atoms with Gasteiger partial charge in [0.15, 0.2) is 15.0 Å². The van der Waals surface area contributed by atoms with E-state index in [2.05, 4.69) is 10.3 Å². The van der Waals surface area contributed by atoms with Gasteiger partial charge in [0.1, 0.15) is 5.82 Å². The van der Waals surface area contributed by atoms with E-state index in [1.807, 2.05) is 24.5 Å². The van der Waals surface area contributed by atoms with E-state index in [0.717, 1.165) is 27.2 Å². The first-order valence-corrected chi connectivity index (χ1v) is 11.3. The predicted octanol–water partition coefficient (Wildman–Crippen LogP) is 3.96. The second kappa shape index (κ2) is 7.73. The Morgan fingerprint density at radius 1 is 1.23 bits per heavy atom. The average molecular weight is 411 g/mol. The number of thioether (sulfide) groups is 1. The van der Waals surface area contributed by atoms with Crippen LogP contribution < -0.4 is 5.32 Å². The fraction of sp³-hybridized carbons (Fsp3) is 0.176. The van der Waals surface area contributed by atoms with Crippen LogP contribution in [0.4, 0.5) is 9.52 Å². The molecule has 136 valence electrons. The molecule has 5 nitrogen and oxygen atoms in total. The van der Waals surface area contributed by atoms with E-state index in [-0.39, 0.29) is 17.1 Å². The molecule has 1 amide bonds. The van der Waals surface area contributed by atoms with Crippen LogP contribution in [0.5, 0.6) is 0 Å². The Labute approximate surface area is 158 Å². The van der Waals surface area contributed by atoms with E-state index in [4.69, 9.17) is 0 Å². The molecular weight excluding hydrogens is 395 g/mol. The Morgan fingerprint density at radius 3 is 2.65 bits per heavy atom. The number of rotatable bonds is 6. The number of thiazole rings is 1. The minimum absolute atomic E-state index is 0.00344. The van der Waals surface area contributed by atoms with Gasteiger partial charge in [-0.2, -0.15) is 0 Å². The minimum atomic E-state index is -3.65. The van der Waals surface area contributed by atoms with E-state index in [1.165, 1.54) is 23.5 Å². The molecule has 1 aromatic heterocycles. The van der Waals surface area contributed by atoms with E-state index >= 15 is 0 Å². The molecule has 0 aliphatic heterocycles. The number of halogens is 1. The highest BCUT2D eigenvalue weighted by atomic mass is 32.2. The van der Waals surface area contributed by atoms with Crippen LogP contribution in [0.1, 0.15) is 6.42 Å². The molecular formula is C17H15FN2O3S3. The standard InChI is InChI=1S/C17H15FN2O3S3/c1-24-12-4-7-14-15(10-12)25-17(19-14)20-16(21)8-9-26(22,23)13-5-2-11(18)3-6-13/h2-7,10H,8-9H2,1H3,(H,19,20,21). The topological polar surface area (TPSA) is 76.1 Å². The molecule has 1 heterocycles. The summed E-state index contributed by atoms with van der Waals surface area (Å²) >= 11 is 2.96. The number of amides is 1. The highest BCUT2D eigenvalue weighted by molar-refractivity contribution is 7.98. The monoisotopic (exact) mass is 410 g/mol. The average Bonchev–Trinajstić information content (AvgIpc) is 3.01. The van der Waals surface area contributed by atoms with Crippen molar-refractivity contribution in [3.8, 4) is 0 Å². The lowest BCUT2D eigenvalue weighted by Gasteiger charge is -2.04. The van der Waals surface area contributed by atoms with Gasteiger partial charge in [-0.3, -0.25) is 4.79 Å². The van der Waals surface area contributed by atoms with Crippen LogP contribution in [0.15, 0.2) is 52.3 Å². The molecule has 9 heteroatoms. The molecule has 2 aromatic carbocycles. The summed E-state index contributed by atoms with van der Waals surface area (Å²) in [7, 11) is -3.65. The van der Waals surface area contributed by atoms with Gasteiger partial charge >= 0.3 is 0 Å². The van der Waals surface area contributed by atoms with Gasteiger partial charge in [0.05, 0.1) is 20.9 Å². The maximum atomic E-state index is 12.9. The molecule has 0 saturated heterocycles. The molecule has 0 saturated carbocycles. The van der Waals surface area contributed by atoms with E-state index in [1.54, 1.807) is 11.8 Å². The molecule has 3 rings (SSSR count). The number of benzene rings is 2. The van der Waals surface area contributed by atoms with Crippen molar-refractivity contribution in [1.29, 1.82) is 0 Å². The van der Waals surface area contributed by atoms with Crippen molar-refractivity contribution in [2.45, 2.75) is 16.2 Å². The summed E-state index contributed by atoms with van der Waals surface area (Å²) in [5.41, 5.74) is 0.780. The molecule has 0 radical (unpaired) electrons. The third kappa shape index (κ3) is 4.40. The van der Waals surface area contributed by atoms with Crippen LogP contribution in [-0.4, -0.2) is 31.3 Å². The SMILES string of the molecule is CSc1ccc2nc(NC(=O)CCS(=O)(=O)c3ccc(F)cc3)sc2c1. The van der Waals surface area contributed by atoms with E-state index in [9.17, 15) is 17.6 Å². The maximum Gasteiger partial charge on any atom is 0.227 e. The van der Waals surface area contributed by atoms with Crippen molar-refractivity contribution in [2.75, 3.05) is 17.3 Å². The molecule has 3 aromatic rings. The predicted molar refractivity (Wildman–Crippen MR) is 103 cm³/mol. The quantitative estimate of drug-likeness (QED) is 0.492. The molecule has 1 N–H and O–H groups in total. The van der Waals surface area contributed by atoms with Crippen molar-refractivity contribution < 1.29 is 17.6 Å². The number of hydrogen-bond donors (Lipinski definition) is 1. The van der Waals surface area contributed by atoms with Crippen LogP contribution in [0.25, 0.3) is 10.2 Å². The Hall–Kier alpha value is -1.97. The van der Waals surface area contributed by atoms with Crippen molar-refractivity contribution >= 4 is 54.2 Å². The number of aromatic nitrogens is 1. The Balaban J connectivity index is 1.64. The number of anilines is 1. The first-order valence-electron chi connectivity index (χ1n) is 7.60. The third-order valence-electron chi connectivity index (χ3n) is 3.61. The van der Waals surface area contributed by atoms with Gasteiger partial charge in [-0.15, -0.1) is 11.8 Å². The van der Waals surface area contributed by atoms with Gasteiger partial charge in [0.2, 0.25) is 5.91 Å². The van der Waals surface area contributed by atoms with E-state index < -0.39 is 21.6 Å². The zero-order valence-electron chi connectivity index (χ0n) is 13.7. The van der Waals surface area contributed by atoms with Gasteiger partial charge < -0.3 is 5.32 Å². The van der Waals surface area contributed by atoms with Crippen LogP contribution in [0.3, 0.4) is 0 Å². The lowest BCUT2D eigenvalue weighted by molar-refractivity contribution is -0.115. The first kappa shape index (κ1) is 18.8. The van der Waals surface area contributed by atoms with Crippen molar-refractivity contribution in [3.63, 3.8) is 0 Å². The summed E-state index contributed by atoms with van der Waals surface area (Å²) in [6.07, 6.45) is 1.78. The number of carbonyl (C=O) groups is 1. The van der Waals surface area contributed by atoms with Crippen LogP contribution in [0, 0.1) is 5.82 Å². The fourth-order valence-electron chi connectivity index (χ4n) is 2.25. The highest BCUT2D eigenvalue weighted by Crippen LogP contribution is 2.29. The molecule has 0 aliphatic rings. The summed E-state index contributed by atoms with van der Waals surface area (Å²) in [6, 6.07) is 10.4. The minimum Gasteiger partial charge on any atom is -0.302 e. The van der Waals surface area contributed by atoms with Crippen molar-refractivity contribution in [1.82, 2.24) is 4.98 Å². The molecule has 26 heavy (non-hydrogen) atoms.